The third-order valence-electron chi connectivity index (χ3n) is 4.78. The van der Waals surface area contributed by atoms with Crippen molar-refractivity contribution in [3.63, 3.8) is 0 Å². The van der Waals surface area contributed by atoms with Crippen LogP contribution in [0.4, 0.5) is 10.5 Å². The molecule has 0 heterocycles. The first-order valence-corrected chi connectivity index (χ1v) is 10.6. The lowest BCUT2D eigenvalue weighted by Crippen LogP contribution is -2.35. The maximum atomic E-state index is 12.8. The van der Waals surface area contributed by atoms with Gasteiger partial charge in [-0.1, -0.05) is 56.5 Å². The number of carbonyl (C=O) groups is 2. The van der Waals surface area contributed by atoms with Gasteiger partial charge in [-0.25, -0.2) is 0 Å². The molecule has 0 spiro atoms. The zero-order chi connectivity index (χ0) is 18.4. The summed E-state index contributed by atoms with van der Waals surface area (Å²) in [6.07, 6.45) is 5.27. The van der Waals surface area contributed by atoms with Gasteiger partial charge in [-0.15, -0.1) is 0 Å². The van der Waals surface area contributed by atoms with Gasteiger partial charge in [-0.05, 0) is 60.6 Å². The van der Waals surface area contributed by atoms with Crippen molar-refractivity contribution in [2.24, 2.45) is 5.41 Å². The molecular formula is C21H23NO2S2. The van der Waals surface area contributed by atoms with E-state index < -0.39 is 0 Å². The molecule has 1 fully saturated rings. The predicted octanol–water partition coefficient (Wildman–Crippen LogP) is 6.60. The number of amides is 1. The van der Waals surface area contributed by atoms with E-state index in [1.807, 2.05) is 61.5 Å². The Bertz CT molecular complexity index is 771. The van der Waals surface area contributed by atoms with Crippen LogP contribution < -0.4 is 5.32 Å². The van der Waals surface area contributed by atoms with E-state index in [0.717, 1.165) is 52.9 Å². The van der Waals surface area contributed by atoms with Crippen molar-refractivity contribution >= 4 is 39.6 Å². The maximum Gasteiger partial charge on any atom is 0.255 e. The average Bonchev–Trinajstić information content (AvgIpc) is 2.64. The monoisotopic (exact) mass is 385 g/mol. The van der Waals surface area contributed by atoms with Gasteiger partial charge in [0.05, 0.1) is 5.69 Å². The van der Waals surface area contributed by atoms with Gasteiger partial charge < -0.3 is 5.32 Å². The molecule has 5 heteroatoms. The van der Waals surface area contributed by atoms with Crippen molar-refractivity contribution in [1.29, 1.82) is 0 Å². The van der Waals surface area contributed by atoms with E-state index in [1.54, 1.807) is 0 Å². The fourth-order valence-electron chi connectivity index (χ4n) is 3.19. The van der Waals surface area contributed by atoms with E-state index in [4.69, 9.17) is 0 Å². The van der Waals surface area contributed by atoms with Gasteiger partial charge in [-0.3, -0.25) is 9.59 Å². The van der Waals surface area contributed by atoms with Crippen LogP contribution in [0, 0.1) is 5.41 Å². The zero-order valence-corrected chi connectivity index (χ0v) is 16.5. The Balaban J connectivity index is 1.68. The highest BCUT2D eigenvalue weighted by Crippen LogP contribution is 2.39. The van der Waals surface area contributed by atoms with Crippen molar-refractivity contribution in [3.8, 4) is 0 Å². The molecule has 0 aromatic heterocycles. The van der Waals surface area contributed by atoms with Gasteiger partial charge in [0.25, 0.3) is 4.45 Å². The average molecular weight is 386 g/mol. The number of para-hydroxylation sites is 1. The molecule has 1 N–H and O–H groups in total. The molecule has 2 aromatic carbocycles. The number of nitrogens with one attached hydrogen (secondary N) is 1. The van der Waals surface area contributed by atoms with E-state index in [-0.39, 0.29) is 15.8 Å². The van der Waals surface area contributed by atoms with Gasteiger partial charge in [-0.2, -0.15) is 0 Å². The van der Waals surface area contributed by atoms with Crippen molar-refractivity contribution < 1.29 is 9.59 Å². The Morgan fingerprint density at radius 1 is 0.885 bits per heavy atom. The molecule has 1 aliphatic rings. The van der Waals surface area contributed by atoms with Crippen LogP contribution in [0.1, 0.15) is 39.0 Å². The number of hydrogen-bond donors (Lipinski definition) is 1. The van der Waals surface area contributed by atoms with Crippen molar-refractivity contribution in [2.45, 2.75) is 48.8 Å². The number of thioether (sulfide) groups is 2. The second kappa shape index (κ2) is 8.78. The fraction of sp³-hybridized carbons (Fsp3) is 0.333. The smallest absolute Gasteiger partial charge is 0.255 e. The van der Waals surface area contributed by atoms with Crippen molar-refractivity contribution in [1.82, 2.24) is 0 Å². The molecule has 26 heavy (non-hydrogen) atoms. The molecule has 1 aliphatic carbocycles. The minimum atomic E-state index is -0.307. The standard InChI is InChI=1S/C21H23NO2S2/c1-21(14-8-3-9-15-21)19(23)22-17-12-6-7-13-18(17)26-20(24)25-16-10-4-2-5-11-16/h2,4-7,10-13H,3,8-9,14-15H2,1H3,(H,22,23). The van der Waals surface area contributed by atoms with Crippen LogP contribution in [-0.4, -0.2) is 10.4 Å². The van der Waals surface area contributed by atoms with Crippen LogP contribution in [0.25, 0.3) is 0 Å². The van der Waals surface area contributed by atoms with E-state index in [0.29, 0.717) is 0 Å². The first-order valence-electron chi connectivity index (χ1n) is 8.92. The summed E-state index contributed by atoms with van der Waals surface area (Å²) in [6, 6.07) is 17.1. The Morgan fingerprint density at radius 3 is 2.27 bits per heavy atom. The molecule has 0 radical (unpaired) electrons. The topological polar surface area (TPSA) is 46.2 Å². The summed E-state index contributed by atoms with van der Waals surface area (Å²) in [4.78, 5) is 26.9. The van der Waals surface area contributed by atoms with E-state index >= 15 is 0 Å². The summed E-state index contributed by atoms with van der Waals surface area (Å²) in [6.45, 7) is 2.05. The highest BCUT2D eigenvalue weighted by atomic mass is 32.2. The van der Waals surface area contributed by atoms with Gasteiger partial charge in [0.1, 0.15) is 0 Å². The lowest BCUT2D eigenvalue weighted by molar-refractivity contribution is -0.126. The molecule has 0 atom stereocenters. The fourth-order valence-corrected chi connectivity index (χ4v) is 4.95. The van der Waals surface area contributed by atoms with Crippen LogP contribution in [-0.2, 0) is 4.79 Å². The number of carbonyl (C=O) groups excluding carboxylic acids is 2. The molecule has 3 nitrogen and oxygen atoms in total. The minimum Gasteiger partial charge on any atom is -0.325 e. The largest absolute Gasteiger partial charge is 0.325 e. The molecule has 0 saturated heterocycles. The zero-order valence-electron chi connectivity index (χ0n) is 14.9. The third-order valence-corrected chi connectivity index (χ3v) is 6.70. The molecular weight excluding hydrogens is 362 g/mol. The van der Waals surface area contributed by atoms with Crippen LogP contribution in [0.15, 0.2) is 64.4 Å². The molecule has 0 aliphatic heterocycles. The Hall–Kier alpha value is -1.72. The third kappa shape index (κ3) is 4.92. The molecule has 1 saturated carbocycles. The van der Waals surface area contributed by atoms with Crippen LogP contribution in [0.2, 0.25) is 0 Å². The summed E-state index contributed by atoms with van der Waals surface area (Å²) in [7, 11) is 0. The van der Waals surface area contributed by atoms with Crippen molar-refractivity contribution in [3.05, 3.63) is 54.6 Å². The predicted molar refractivity (Wildman–Crippen MR) is 110 cm³/mol. The second-order valence-electron chi connectivity index (χ2n) is 6.84. The summed E-state index contributed by atoms with van der Waals surface area (Å²) in [5, 5.41) is 3.07. The lowest BCUT2D eigenvalue weighted by Gasteiger charge is -2.32. The second-order valence-corrected chi connectivity index (χ2v) is 9.16. The van der Waals surface area contributed by atoms with Crippen LogP contribution in [0.3, 0.4) is 0 Å². The van der Waals surface area contributed by atoms with E-state index in [1.165, 1.54) is 18.2 Å². The van der Waals surface area contributed by atoms with Crippen LogP contribution >= 0.6 is 23.5 Å². The molecule has 0 unspecified atom stereocenters. The van der Waals surface area contributed by atoms with E-state index in [2.05, 4.69) is 5.32 Å². The van der Waals surface area contributed by atoms with Gasteiger partial charge in [0.2, 0.25) is 5.91 Å². The quantitative estimate of drug-likeness (QED) is 0.602. The molecule has 1 amide bonds. The first kappa shape index (κ1) is 19.1. The van der Waals surface area contributed by atoms with E-state index in [9.17, 15) is 9.59 Å². The molecule has 2 aromatic rings. The number of hydrogen-bond acceptors (Lipinski definition) is 4. The van der Waals surface area contributed by atoms with Crippen LogP contribution in [0.5, 0.6) is 0 Å². The molecule has 3 rings (SSSR count). The summed E-state index contributed by atoms with van der Waals surface area (Å²) < 4.78 is -0.0122. The highest BCUT2D eigenvalue weighted by molar-refractivity contribution is 8.38. The number of rotatable bonds is 4. The first-order chi connectivity index (χ1) is 12.6. The summed E-state index contributed by atoms with van der Waals surface area (Å²) in [5.74, 6) is 0.0633. The van der Waals surface area contributed by atoms with Gasteiger partial charge >= 0.3 is 0 Å². The Labute approximate surface area is 163 Å². The number of anilines is 1. The minimum absolute atomic E-state index is 0.0122. The number of benzene rings is 2. The highest BCUT2D eigenvalue weighted by Gasteiger charge is 2.34. The lowest BCUT2D eigenvalue weighted by atomic mass is 9.75. The van der Waals surface area contributed by atoms with Gasteiger partial charge in [0.15, 0.2) is 0 Å². The molecule has 136 valence electrons. The summed E-state index contributed by atoms with van der Waals surface area (Å²) in [5.41, 5.74) is 0.412. The summed E-state index contributed by atoms with van der Waals surface area (Å²) >= 11 is 2.37. The normalized spacial score (nSPS) is 16.0. The van der Waals surface area contributed by atoms with Gasteiger partial charge in [0, 0.05) is 15.2 Å². The SMILES string of the molecule is CC1(C(=O)Nc2ccccc2SC(=O)Sc2ccccc2)CCCCC1. The Kier molecular flexibility index (Phi) is 6.43. The Morgan fingerprint density at radius 2 is 1.54 bits per heavy atom. The maximum absolute atomic E-state index is 12.8. The van der Waals surface area contributed by atoms with Crippen molar-refractivity contribution in [2.75, 3.05) is 5.32 Å². The molecule has 0 bridgehead atoms.